The second-order valence-corrected chi connectivity index (χ2v) is 6.23. The molecular formula is C15H21N5OS. The molecule has 0 aliphatic carbocycles. The molecule has 118 valence electrons. The van der Waals surface area contributed by atoms with Crippen LogP contribution in [0.15, 0.2) is 29.4 Å². The van der Waals surface area contributed by atoms with E-state index in [4.69, 9.17) is 5.73 Å². The number of carbonyl (C=O) groups excluding carboxylic acids is 1. The molecule has 7 heteroatoms. The van der Waals surface area contributed by atoms with Gasteiger partial charge in [-0.3, -0.25) is 9.36 Å². The highest BCUT2D eigenvalue weighted by atomic mass is 32.2. The molecule has 2 rings (SSSR count). The monoisotopic (exact) mass is 319 g/mol. The van der Waals surface area contributed by atoms with Gasteiger partial charge in [-0.2, -0.15) is 0 Å². The number of nitrogens with two attached hydrogens (primary N) is 1. The van der Waals surface area contributed by atoms with Crippen LogP contribution in [-0.4, -0.2) is 32.5 Å². The number of carbonyl (C=O) groups is 1. The fraction of sp³-hybridized carbons (Fsp3) is 0.400. The van der Waals surface area contributed by atoms with Crippen LogP contribution < -0.4 is 11.1 Å². The molecule has 0 saturated carbocycles. The third kappa shape index (κ3) is 4.24. The lowest BCUT2D eigenvalue weighted by Gasteiger charge is -2.15. The molecule has 1 aromatic heterocycles. The molecule has 0 spiro atoms. The van der Waals surface area contributed by atoms with Crippen LogP contribution in [0, 0.1) is 6.92 Å². The van der Waals surface area contributed by atoms with Gasteiger partial charge in [0.05, 0.1) is 5.75 Å². The van der Waals surface area contributed by atoms with Gasteiger partial charge < -0.3 is 11.1 Å². The Morgan fingerprint density at radius 2 is 2.14 bits per heavy atom. The highest BCUT2D eigenvalue weighted by Crippen LogP contribution is 2.16. The average molecular weight is 319 g/mol. The number of benzene rings is 1. The van der Waals surface area contributed by atoms with Gasteiger partial charge in [0.25, 0.3) is 0 Å². The standard InChI is InChI=1S/C15H21N5OS/c1-10-6-4-5-7-12(10)8-11(2)17-13(21)9-22-15-19-18-14(16)20(15)3/h4-7,11H,8-9H2,1-3H3,(H2,16,18)(H,17,21)/t11-/m1/s1. The topological polar surface area (TPSA) is 85.8 Å². The molecule has 0 aliphatic heterocycles. The van der Waals surface area contributed by atoms with Crippen LogP contribution in [0.4, 0.5) is 5.95 Å². The first-order valence-corrected chi connectivity index (χ1v) is 8.07. The molecule has 0 fully saturated rings. The van der Waals surface area contributed by atoms with Crippen LogP contribution in [0.3, 0.4) is 0 Å². The number of aryl methyl sites for hydroxylation is 1. The predicted octanol–water partition coefficient (Wildman–Crippen LogP) is 1.55. The summed E-state index contributed by atoms with van der Waals surface area (Å²) in [5.41, 5.74) is 8.10. The summed E-state index contributed by atoms with van der Waals surface area (Å²) in [7, 11) is 1.77. The Morgan fingerprint density at radius 1 is 1.41 bits per heavy atom. The first-order valence-electron chi connectivity index (χ1n) is 7.09. The van der Waals surface area contributed by atoms with E-state index in [1.54, 1.807) is 11.6 Å². The molecule has 3 N–H and O–H groups in total. The summed E-state index contributed by atoms with van der Waals surface area (Å²) in [6.07, 6.45) is 0.819. The highest BCUT2D eigenvalue weighted by Gasteiger charge is 2.12. The van der Waals surface area contributed by atoms with Crippen molar-refractivity contribution in [3.63, 3.8) is 0 Å². The van der Waals surface area contributed by atoms with E-state index >= 15 is 0 Å². The van der Waals surface area contributed by atoms with Gasteiger partial charge in [0.2, 0.25) is 11.9 Å². The maximum atomic E-state index is 12.0. The summed E-state index contributed by atoms with van der Waals surface area (Å²) in [6, 6.07) is 8.29. The van der Waals surface area contributed by atoms with Crippen LogP contribution in [-0.2, 0) is 18.3 Å². The zero-order valence-electron chi connectivity index (χ0n) is 13.0. The van der Waals surface area contributed by atoms with Crippen molar-refractivity contribution in [2.45, 2.75) is 31.5 Å². The van der Waals surface area contributed by atoms with Gasteiger partial charge in [-0.25, -0.2) is 0 Å². The molecule has 1 heterocycles. The van der Waals surface area contributed by atoms with Crippen LogP contribution >= 0.6 is 11.8 Å². The predicted molar refractivity (Wildman–Crippen MR) is 88.6 cm³/mol. The van der Waals surface area contributed by atoms with Gasteiger partial charge in [0, 0.05) is 13.1 Å². The highest BCUT2D eigenvalue weighted by molar-refractivity contribution is 7.99. The lowest BCUT2D eigenvalue weighted by atomic mass is 10.0. The molecule has 1 atom stereocenters. The van der Waals surface area contributed by atoms with Gasteiger partial charge in [-0.05, 0) is 31.4 Å². The molecule has 1 amide bonds. The molecule has 0 unspecified atom stereocenters. The van der Waals surface area contributed by atoms with Crippen molar-refractivity contribution < 1.29 is 4.79 Å². The molecule has 1 aromatic carbocycles. The molecule has 0 radical (unpaired) electrons. The molecular weight excluding hydrogens is 298 g/mol. The van der Waals surface area contributed by atoms with E-state index in [9.17, 15) is 4.79 Å². The number of aromatic nitrogens is 3. The zero-order valence-corrected chi connectivity index (χ0v) is 13.9. The van der Waals surface area contributed by atoms with Crippen molar-refractivity contribution in [1.29, 1.82) is 0 Å². The molecule has 22 heavy (non-hydrogen) atoms. The van der Waals surface area contributed by atoms with Crippen LogP contribution in [0.5, 0.6) is 0 Å². The van der Waals surface area contributed by atoms with Gasteiger partial charge in [0.15, 0.2) is 5.16 Å². The molecule has 0 saturated heterocycles. The first-order chi connectivity index (χ1) is 10.5. The molecule has 0 bridgehead atoms. The average Bonchev–Trinajstić information content (AvgIpc) is 2.79. The van der Waals surface area contributed by atoms with Crippen molar-refractivity contribution in [3.8, 4) is 0 Å². The van der Waals surface area contributed by atoms with Gasteiger partial charge in [-0.15, -0.1) is 10.2 Å². The number of amides is 1. The fourth-order valence-corrected chi connectivity index (χ4v) is 2.85. The summed E-state index contributed by atoms with van der Waals surface area (Å²) >= 11 is 1.32. The number of anilines is 1. The van der Waals surface area contributed by atoms with Crippen molar-refractivity contribution in [2.75, 3.05) is 11.5 Å². The Labute approximate surface area is 134 Å². The third-order valence-electron chi connectivity index (χ3n) is 3.40. The van der Waals surface area contributed by atoms with Crippen molar-refractivity contribution in [2.24, 2.45) is 7.05 Å². The summed E-state index contributed by atoms with van der Waals surface area (Å²) < 4.78 is 1.66. The Kier molecular flexibility index (Phi) is 5.43. The van der Waals surface area contributed by atoms with E-state index in [2.05, 4.69) is 34.6 Å². The number of nitrogens with zero attached hydrogens (tertiary/aromatic N) is 3. The Morgan fingerprint density at radius 3 is 2.77 bits per heavy atom. The third-order valence-corrected chi connectivity index (χ3v) is 4.42. The van der Waals surface area contributed by atoms with Crippen LogP contribution in [0.2, 0.25) is 0 Å². The Bertz CT molecular complexity index is 655. The minimum Gasteiger partial charge on any atom is -0.368 e. The maximum absolute atomic E-state index is 12.0. The van der Waals surface area contributed by atoms with E-state index in [0.29, 0.717) is 16.9 Å². The van der Waals surface area contributed by atoms with Crippen molar-refractivity contribution in [1.82, 2.24) is 20.1 Å². The number of hydrogen-bond acceptors (Lipinski definition) is 5. The minimum atomic E-state index is -0.0207. The van der Waals surface area contributed by atoms with Crippen molar-refractivity contribution in [3.05, 3.63) is 35.4 Å². The lowest BCUT2D eigenvalue weighted by molar-refractivity contribution is -0.119. The van der Waals surface area contributed by atoms with Gasteiger partial charge >= 0.3 is 0 Å². The quantitative estimate of drug-likeness (QED) is 0.789. The SMILES string of the molecule is Cc1ccccc1C[C@@H](C)NC(=O)CSc1nnc(N)n1C. The molecule has 6 nitrogen and oxygen atoms in total. The molecule has 2 aromatic rings. The van der Waals surface area contributed by atoms with Gasteiger partial charge in [-0.1, -0.05) is 36.0 Å². The normalized spacial score (nSPS) is 12.1. The van der Waals surface area contributed by atoms with E-state index in [1.807, 2.05) is 19.1 Å². The van der Waals surface area contributed by atoms with E-state index in [0.717, 1.165) is 6.42 Å². The Balaban J connectivity index is 1.81. The number of rotatable bonds is 6. The number of nitrogen functional groups attached to an aromatic ring is 1. The summed E-state index contributed by atoms with van der Waals surface area (Å²) in [6.45, 7) is 4.09. The number of hydrogen-bond donors (Lipinski definition) is 2. The first kappa shape index (κ1) is 16.4. The largest absolute Gasteiger partial charge is 0.368 e. The fourth-order valence-electron chi connectivity index (χ4n) is 2.12. The second-order valence-electron chi connectivity index (χ2n) is 5.29. The number of nitrogens with one attached hydrogen (secondary N) is 1. The van der Waals surface area contributed by atoms with Crippen molar-refractivity contribution >= 4 is 23.6 Å². The number of thioether (sulfide) groups is 1. The van der Waals surface area contributed by atoms with E-state index in [1.165, 1.54) is 22.9 Å². The zero-order chi connectivity index (χ0) is 16.1. The summed E-state index contributed by atoms with van der Waals surface area (Å²) in [5.74, 6) is 0.618. The summed E-state index contributed by atoms with van der Waals surface area (Å²) in [4.78, 5) is 12.0. The van der Waals surface area contributed by atoms with Crippen LogP contribution in [0.25, 0.3) is 0 Å². The van der Waals surface area contributed by atoms with E-state index in [-0.39, 0.29) is 11.9 Å². The smallest absolute Gasteiger partial charge is 0.230 e. The van der Waals surface area contributed by atoms with E-state index < -0.39 is 0 Å². The summed E-state index contributed by atoms with van der Waals surface area (Å²) in [5, 5.41) is 11.3. The molecule has 0 aliphatic rings. The minimum absolute atomic E-state index is 0.0207. The maximum Gasteiger partial charge on any atom is 0.230 e. The lowest BCUT2D eigenvalue weighted by Crippen LogP contribution is -2.35. The second kappa shape index (κ2) is 7.31. The Hall–Kier alpha value is -2.02. The van der Waals surface area contributed by atoms with Gasteiger partial charge in [0.1, 0.15) is 0 Å². The van der Waals surface area contributed by atoms with Crippen LogP contribution in [0.1, 0.15) is 18.1 Å².